The Morgan fingerprint density at radius 1 is 1.10 bits per heavy atom. The molecule has 0 unspecified atom stereocenters. The fourth-order valence-corrected chi connectivity index (χ4v) is 2.91. The summed E-state index contributed by atoms with van der Waals surface area (Å²) in [6.07, 6.45) is 4.27. The van der Waals surface area contributed by atoms with Gasteiger partial charge >= 0.3 is 0 Å². The van der Waals surface area contributed by atoms with Crippen LogP contribution in [0, 0.1) is 20.8 Å². The molecule has 1 heterocycles. The Morgan fingerprint density at radius 3 is 2.33 bits per heavy atom. The number of hydrogen-bond acceptors (Lipinski definition) is 2. The van der Waals surface area contributed by atoms with E-state index < -0.39 is 6.10 Å². The summed E-state index contributed by atoms with van der Waals surface area (Å²) in [6, 6.07) is 4.16. The van der Waals surface area contributed by atoms with Gasteiger partial charge in [0.2, 0.25) is 0 Å². The Bertz CT molecular complexity index is 502. The van der Waals surface area contributed by atoms with Gasteiger partial charge in [0.25, 0.3) is 5.91 Å². The van der Waals surface area contributed by atoms with E-state index in [0.717, 1.165) is 37.2 Å². The highest BCUT2D eigenvalue weighted by Crippen LogP contribution is 2.25. The fraction of sp³-hybridized carbons (Fsp3) is 0.611. The molecule has 0 aromatic heterocycles. The minimum Gasteiger partial charge on any atom is -0.481 e. The maximum atomic E-state index is 12.5. The Labute approximate surface area is 128 Å². The SMILES string of the molecule is Cc1cc(C)c(C)c(O[C@@H](C)C(=O)N2CCCCCC2)c1. The summed E-state index contributed by atoms with van der Waals surface area (Å²) >= 11 is 0. The van der Waals surface area contributed by atoms with Crippen molar-refractivity contribution in [1.82, 2.24) is 4.90 Å². The summed E-state index contributed by atoms with van der Waals surface area (Å²) in [6.45, 7) is 9.80. The van der Waals surface area contributed by atoms with Gasteiger partial charge in [-0.05, 0) is 63.3 Å². The third kappa shape index (κ3) is 3.99. The highest BCUT2D eigenvalue weighted by molar-refractivity contribution is 5.81. The highest BCUT2D eigenvalue weighted by atomic mass is 16.5. The van der Waals surface area contributed by atoms with Gasteiger partial charge in [0.05, 0.1) is 0 Å². The first kappa shape index (κ1) is 15.9. The van der Waals surface area contributed by atoms with Crippen LogP contribution in [0.4, 0.5) is 0 Å². The zero-order chi connectivity index (χ0) is 15.4. The molecule has 0 N–H and O–H groups in total. The van der Waals surface area contributed by atoms with Gasteiger partial charge in [0.15, 0.2) is 6.10 Å². The summed E-state index contributed by atoms with van der Waals surface area (Å²) in [5.74, 6) is 0.957. The van der Waals surface area contributed by atoms with Crippen LogP contribution in [0.15, 0.2) is 12.1 Å². The van der Waals surface area contributed by atoms with Gasteiger partial charge in [-0.1, -0.05) is 18.9 Å². The van der Waals surface area contributed by atoms with E-state index >= 15 is 0 Å². The zero-order valence-corrected chi connectivity index (χ0v) is 13.7. The fourth-order valence-electron chi connectivity index (χ4n) is 2.91. The van der Waals surface area contributed by atoms with Crippen molar-refractivity contribution in [1.29, 1.82) is 0 Å². The standard InChI is InChI=1S/C18H27NO2/c1-13-11-14(2)15(3)17(12-13)21-16(4)18(20)19-9-7-5-6-8-10-19/h11-12,16H,5-10H2,1-4H3/t16-/m0/s1. The quantitative estimate of drug-likeness (QED) is 0.847. The van der Waals surface area contributed by atoms with Crippen LogP contribution in [0.5, 0.6) is 5.75 Å². The number of nitrogens with zero attached hydrogens (tertiary/aromatic N) is 1. The van der Waals surface area contributed by atoms with Crippen LogP contribution < -0.4 is 4.74 Å². The third-order valence-corrected chi connectivity index (χ3v) is 4.33. The normalized spacial score (nSPS) is 17.2. The molecule has 1 aromatic rings. The third-order valence-electron chi connectivity index (χ3n) is 4.33. The molecule has 1 aromatic carbocycles. The largest absolute Gasteiger partial charge is 0.481 e. The summed E-state index contributed by atoms with van der Waals surface area (Å²) in [5.41, 5.74) is 3.50. The lowest BCUT2D eigenvalue weighted by atomic mass is 10.1. The topological polar surface area (TPSA) is 29.5 Å². The number of aryl methyl sites for hydroxylation is 2. The molecular formula is C18H27NO2. The average Bonchev–Trinajstić information content (AvgIpc) is 2.72. The van der Waals surface area contributed by atoms with Crippen molar-refractivity contribution in [3.63, 3.8) is 0 Å². The first-order valence-electron chi connectivity index (χ1n) is 8.02. The van der Waals surface area contributed by atoms with Crippen molar-refractivity contribution >= 4 is 5.91 Å². The number of rotatable bonds is 3. The Kier molecular flexibility index (Phi) is 5.27. The molecule has 1 saturated heterocycles. The average molecular weight is 289 g/mol. The molecule has 1 atom stereocenters. The van der Waals surface area contributed by atoms with Crippen molar-refractivity contribution in [2.45, 2.75) is 59.5 Å². The lowest BCUT2D eigenvalue weighted by Crippen LogP contribution is -2.41. The monoisotopic (exact) mass is 289 g/mol. The van der Waals surface area contributed by atoms with Crippen LogP contribution in [-0.4, -0.2) is 30.0 Å². The van der Waals surface area contributed by atoms with E-state index in [1.54, 1.807) is 0 Å². The van der Waals surface area contributed by atoms with Crippen LogP contribution in [0.25, 0.3) is 0 Å². The molecular weight excluding hydrogens is 262 g/mol. The molecule has 21 heavy (non-hydrogen) atoms. The molecule has 3 nitrogen and oxygen atoms in total. The van der Waals surface area contributed by atoms with Gasteiger partial charge in [0, 0.05) is 13.1 Å². The van der Waals surface area contributed by atoms with Crippen molar-refractivity contribution in [2.75, 3.05) is 13.1 Å². The van der Waals surface area contributed by atoms with Crippen molar-refractivity contribution in [3.05, 3.63) is 28.8 Å². The minimum absolute atomic E-state index is 0.121. The van der Waals surface area contributed by atoms with Gasteiger partial charge in [-0.3, -0.25) is 4.79 Å². The molecule has 0 bridgehead atoms. The Hall–Kier alpha value is -1.51. The molecule has 116 valence electrons. The van der Waals surface area contributed by atoms with E-state index in [0.29, 0.717) is 0 Å². The molecule has 1 amide bonds. The molecule has 2 rings (SSSR count). The molecule has 1 fully saturated rings. The first-order chi connectivity index (χ1) is 9.99. The van der Waals surface area contributed by atoms with Crippen molar-refractivity contribution < 1.29 is 9.53 Å². The van der Waals surface area contributed by atoms with E-state index in [1.165, 1.54) is 24.0 Å². The minimum atomic E-state index is -0.414. The summed E-state index contributed by atoms with van der Waals surface area (Å²) in [4.78, 5) is 14.5. The van der Waals surface area contributed by atoms with Crippen LogP contribution >= 0.6 is 0 Å². The van der Waals surface area contributed by atoms with Crippen LogP contribution in [-0.2, 0) is 4.79 Å². The van der Waals surface area contributed by atoms with Crippen LogP contribution in [0.2, 0.25) is 0 Å². The molecule has 0 radical (unpaired) electrons. The maximum absolute atomic E-state index is 12.5. The lowest BCUT2D eigenvalue weighted by Gasteiger charge is -2.25. The van der Waals surface area contributed by atoms with Crippen molar-refractivity contribution in [2.24, 2.45) is 0 Å². The molecule has 0 saturated carbocycles. The van der Waals surface area contributed by atoms with Gasteiger partial charge in [0.1, 0.15) is 5.75 Å². The summed E-state index contributed by atoms with van der Waals surface area (Å²) < 4.78 is 5.97. The number of benzene rings is 1. The van der Waals surface area contributed by atoms with Crippen molar-refractivity contribution in [3.8, 4) is 5.75 Å². The van der Waals surface area contributed by atoms with Crippen LogP contribution in [0.3, 0.4) is 0 Å². The van der Waals surface area contributed by atoms with Gasteiger partial charge in [-0.25, -0.2) is 0 Å². The number of likely N-dealkylation sites (tertiary alicyclic amines) is 1. The lowest BCUT2D eigenvalue weighted by molar-refractivity contribution is -0.137. The second-order valence-corrected chi connectivity index (χ2v) is 6.20. The van der Waals surface area contributed by atoms with E-state index in [1.807, 2.05) is 24.8 Å². The predicted octanol–water partition coefficient (Wildman–Crippen LogP) is 3.78. The summed E-state index contributed by atoms with van der Waals surface area (Å²) in [7, 11) is 0. The van der Waals surface area contributed by atoms with E-state index in [4.69, 9.17) is 4.74 Å². The number of amides is 1. The number of hydrogen-bond donors (Lipinski definition) is 0. The molecule has 1 aliphatic heterocycles. The molecule has 3 heteroatoms. The number of carbonyl (C=O) groups excluding carboxylic acids is 1. The van der Waals surface area contributed by atoms with Gasteiger partial charge < -0.3 is 9.64 Å². The predicted molar refractivity (Wildman–Crippen MR) is 85.8 cm³/mol. The van der Waals surface area contributed by atoms with E-state index in [2.05, 4.69) is 19.9 Å². The zero-order valence-electron chi connectivity index (χ0n) is 13.7. The van der Waals surface area contributed by atoms with Gasteiger partial charge in [-0.2, -0.15) is 0 Å². The first-order valence-corrected chi connectivity index (χ1v) is 8.02. The molecule has 0 aliphatic carbocycles. The van der Waals surface area contributed by atoms with E-state index in [9.17, 15) is 4.79 Å². The van der Waals surface area contributed by atoms with Gasteiger partial charge in [-0.15, -0.1) is 0 Å². The smallest absolute Gasteiger partial charge is 0.263 e. The van der Waals surface area contributed by atoms with E-state index in [-0.39, 0.29) is 5.91 Å². The highest BCUT2D eigenvalue weighted by Gasteiger charge is 2.23. The number of carbonyl (C=O) groups is 1. The molecule has 0 spiro atoms. The molecule has 1 aliphatic rings. The summed E-state index contributed by atoms with van der Waals surface area (Å²) in [5, 5.41) is 0. The van der Waals surface area contributed by atoms with Crippen LogP contribution in [0.1, 0.15) is 49.3 Å². The maximum Gasteiger partial charge on any atom is 0.263 e. The number of ether oxygens (including phenoxy) is 1. The Morgan fingerprint density at radius 2 is 1.71 bits per heavy atom. The second-order valence-electron chi connectivity index (χ2n) is 6.20. The second kappa shape index (κ2) is 6.97. The Balaban J connectivity index is 2.06.